The quantitative estimate of drug-likeness (QED) is 0.241. The molecule has 1 fully saturated rings. The summed E-state index contributed by atoms with van der Waals surface area (Å²) in [7, 11) is 1.55. The number of anilines is 2. The first-order valence-corrected chi connectivity index (χ1v) is 13.8. The molecule has 1 unspecified atom stereocenters. The van der Waals surface area contributed by atoms with E-state index in [9.17, 15) is 22.8 Å². The molecule has 3 amide bonds. The van der Waals surface area contributed by atoms with Crippen molar-refractivity contribution in [2.75, 3.05) is 23.1 Å². The standard InChI is InChI=1S/C29H24F4N6O3S/c1-16-4-7-20(17(2)42-3)24(10-16)39-26(40)14-43-28(39)37-27(41)36-22-8-5-18(11-21(22)30)23-13-38(15-35-23)25-9-6-19(12-34-25)29(31,32)33/h4-13,15,17H,14H2,1-3H3,(H,36,41)/b37-28-. The van der Waals surface area contributed by atoms with E-state index in [0.29, 0.717) is 23.1 Å². The molecule has 2 aromatic carbocycles. The number of rotatable bonds is 6. The van der Waals surface area contributed by atoms with Crippen LogP contribution in [0.15, 0.2) is 72.2 Å². The molecule has 9 nitrogen and oxygen atoms in total. The molecule has 222 valence electrons. The molecule has 0 saturated carbocycles. The topological polar surface area (TPSA) is 102 Å². The Labute approximate surface area is 247 Å². The number of benzene rings is 2. The molecule has 1 aliphatic rings. The minimum atomic E-state index is -4.51. The van der Waals surface area contributed by atoms with E-state index in [0.717, 1.165) is 35.0 Å². The number of amides is 3. The lowest BCUT2D eigenvalue weighted by atomic mass is 10.0. The van der Waals surface area contributed by atoms with Crippen LogP contribution in [0.3, 0.4) is 0 Å². The van der Waals surface area contributed by atoms with Crippen molar-refractivity contribution >= 4 is 40.2 Å². The number of amidine groups is 1. The zero-order valence-electron chi connectivity index (χ0n) is 23.0. The maximum absolute atomic E-state index is 15.0. The van der Waals surface area contributed by atoms with Gasteiger partial charge in [-0.25, -0.2) is 19.2 Å². The SMILES string of the molecule is COC(C)c1ccc(C)cc1N1C(=O)CS/C1=N\C(=O)Nc1ccc(-c2cn(-c3ccc(C(F)(F)F)cn3)cn2)cc1F. The van der Waals surface area contributed by atoms with Crippen LogP contribution >= 0.6 is 11.8 Å². The summed E-state index contributed by atoms with van der Waals surface area (Å²) in [5, 5.41) is 2.56. The number of carbonyl (C=O) groups is 2. The number of urea groups is 1. The number of hydrogen-bond donors (Lipinski definition) is 1. The number of halogens is 4. The number of ether oxygens (including phenoxy) is 1. The Morgan fingerprint density at radius 1 is 1.14 bits per heavy atom. The number of imidazole rings is 1. The normalized spacial score (nSPS) is 15.3. The minimum absolute atomic E-state index is 0.0819. The van der Waals surface area contributed by atoms with Crippen molar-refractivity contribution in [1.82, 2.24) is 14.5 Å². The molecule has 43 heavy (non-hydrogen) atoms. The molecule has 14 heteroatoms. The van der Waals surface area contributed by atoms with Gasteiger partial charge in [-0.3, -0.25) is 14.3 Å². The van der Waals surface area contributed by atoms with Crippen LogP contribution < -0.4 is 10.2 Å². The molecule has 0 aliphatic carbocycles. The van der Waals surface area contributed by atoms with Crippen LogP contribution in [0, 0.1) is 12.7 Å². The van der Waals surface area contributed by atoms with E-state index in [1.807, 2.05) is 32.0 Å². The molecule has 1 saturated heterocycles. The van der Waals surface area contributed by atoms with E-state index in [4.69, 9.17) is 4.74 Å². The van der Waals surface area contributed by atoms with Crippen LogP contribution in [0.1, 0.15) is 29.7 Å². The van der Waals surface area contributed by atoms with E-state index < -0.39 is 23.6 Å². The van der Waals surface area contributed by atoms with Crippen molar-refractivity contribution in [2.45, 2.75) is 26.1 Å². The molecule has 2 aromatic heterocycles. The van der Waals surface area contributed by atoms with Gasteiger partial charge < -0.3 is 10.1 Å². The Morgan fingerprint density at radius 2 is 1.93 bits per heavy atom. The third kappa shape index (κ3) is 6.44. The number of alkyl halides is 3. The Kier molecular flexibility index (Phi) is 8.33. The maximum Gasteiger partial charge on any atom is 0.417 e. The van der Waals surface area contributed by atoms with Crippen molar-refractivity contribution in [3.8, 4) is 17.1 Å². The summed E-state index contributed by atoms with van der Waals surface area (Å²) >= 11 is 1.09. The number of aryl methyl sites for hydroxylation is 1. The Balaban J connectivity index is 1.33. The fraction of sp³-hybridized carbons (Fsp3) is 0.207. The Bertz CT molecular complexity index is 1720. The second-order valence-electron chi connectivity index (χ2n) is 9.55. The molecule has 1 N–H and O–H groups in total. The first kappa shape index (κ1) is 29.9. The lowest BCUT2D eigenvalue weighted by Crippen LogP contribution is -2.31. The number of nitrogens with zero attached hydrogens (tertiary/aromatic N) is 5. The highest BCUT2D eigenvalue weighted by molar-refractivity contribution is 8.15. The van der Waals surface area contributed by atoms with Crippen molar-refractivity contribution < 1.29 is 31.9 Å². The van der Waals surface area contributed by atoms with Crippen LogP contribution in [0.4, 0.5) is 33.7 Å². The number of thioether (sulfide) groups is 1. The van der Waals surface area contributed by atoms with Gasteiger partial charge in [-0.1, -0.05) is 30.0 Å². The van der Waals surface area contributed by atoms with Gasteiger partial charge in [0, 0.05) is 30.6 Å². The maximum atomic E-state index is 15.0. The number of pyridine rings is 1. The smallest absolute Gasteiger partial charge is 0.377 e. The van der Waals surface area contributed by atoms with Crippen molar-refractivity contribution in [3.05, 3.63) is 89.8 Å². The second-order valence-corrected chi connectivity index (χ2v) is 10.5. The van der Waals surface area contributed by atoms with Gasteiger partial charge in [0.2, 0.25) is 5.91 Å². The van der Waals surface area contributed by atoms with Crippen molar-refractivity contribution in [3.63, 3.8) is 0 Å². The van der Waals surface area contributed by atoms with Crippen molar-refractivity contribution in [2.24, 2.45) is 4.99 Å². The van der Waals surface area contributed by atoms with E-state index in [2.05, 4.69) is 20.3 Å². The zero-order valence-corrected chi connectivity index (χ0v) is 23.8. The highest BCUT2D eigenvalue weighted by Gasteiger charge is 2.33. The highest BCUT2D eigenvalue weighted by atomic mass is 32.2. The van der Waals surface area contributed by atoms with Gasteiger partial charge in [0.25, 0.3) is 0 Å². The van der Waals surface area contributed by atoms with Crippen LogP contribution in [-0.4, -0.2) is 44.5 Å². The highest BCUT2D eigenvalue weighted by Crippen LogP contribution is 2.35. The molecule has 0 spiro atoms. The van der Waals surface area contributed by atoms with Gasteiger partial charge in [-0.2, -0.15) is 18.2 Å². The zero-order chi connectivity index (χ0) is 30.9. The third-order valence-corrected chi connectivity index (χ3v) is 7.53. The third-order valence-electron chi connectivity index (χ3n) is 6.61. The number of hydrogen-bond acceptors (Lipinski definition) is 6. The number of carbonyl (C=O) groups excluding carboxylic acids is 2. The molecule has 5 rings (SSSR count). The van der Waals surface area contributed by atoms with E-state index in [-0.39, 0.29) is 34.4 Å². The largest absolute Gasteiger partial charge is 0.417 e. The monoisotopic (exact) mass is 612 g/mol. The van der Waals surface area contributed by atoms with Crippen LogP contribution in [-0.2, 0) is 15.7 Å². The molecule has 1 aliphatic heterocycles. The van der Waals surface area contributed by atoms with Gasteiger partial charge in [0.1, 0.15) is 18.0 Å². The van der Waals surface area contributed by atoms with Crippen LogP contribution in [0.2, 0.25) is 0 Å². The molecule has 3 heterocycles. The molecule has 4 aromatic rings. The summed E-state index contributed by atoms with van der Waals surface area (Å²) in [6.07, 6.45) is -1.29. The summed E-state index contributed by atoms with van der Waals surface area (Å²) < 4.78 is 60.3. The number of aromatic nitrogens is 3. The van der Waals surface area contributed by atoms with E-state index in [1.165, 1.54) is 40.2 Å². The van der Waals surface area contributed by atoms with Crippen LogP contribution in [0.25, 0.3) is 17.1 Å². The molecule has 0 bridgehead atoms. The Morgan fingerprint density at radius 3 is 2.60 bits per heavy atom. The summed E-state index contributed by atoms with van der Waals surface area (Å²) in [5.41, 5.74) is 1.86. The summed E-state index contributed by atoms with van der Waals surface area (Å²) in [5.74, 6) is -0.747. The van der Waals surface area contributed by atoms with Gasteiger partial charge in [-0.15, -0.1) is 0 Å². The molecule has 0 radical (unpaired) electrons. The van der Waals surface area contributed by atoms with Crippen molar-refractivity contribution in [1.29, 1.82) is 0 Å². The summed E-state index contributed by atoms with van der Waals surface area (Å²) in [4.78, 5) is 39.0. The molecule has 1 atom stereocenters. The first-order chi connectivity index (χ1) is 20.4. The van der Waals surface area contributed by atoms with Gasteiger partial charge in [0.15, 0.2) is 5.17 Å². The first-order valence-electron chi connectivity index (χ1n) is 12.8. The minimum Gasteiger partial charge on any atom is -0.377 e. The lowest BCUT2D eigenvalue weighted by molar-refractivity contribution is -0.137. The average Bonchev–Trinajstić information content (AvgIpc) is 3.60. The van der Waals surface area contributed by atoms with Gasteiger partial charge in [0.05, 0.1) is 34.5 Å². The predicted octanol–water partition coefficient (Wildman–Crippen LogP) is 6.78. The van der Waals surface area contributed by atoms with Crippen LogP contribution in [0.5, 0.6) is 0 Å². The number of methoxy groups -OCH3 is 1. The molecular weight excluding hydrogens is 588 g/mol. The fourth-order valence-corrected chi connectivity index (χ4v) is 5.17. The number of aliphatic imine (C=N–C) groups is 1. The average molecular weight is 613 g/mol. The number of nitrogens with one attached hydrogen (secondary N) is 1. The predicted molar refractivity (Wildman–Crippen MR) is 155 cm³/mol. The van der Waals surface area contributed by atoms with E-state index in [1.54, 1.807) is 7.11 Å². The van der Waals surface area contributed by atoms with Gasteiger partial charge >= 0.3 is 12.2 Å². The van der Waals surface area contributed by atoms with E-state index >= 15 is 4.39 Å². The molecular formula is C29H24F4N6O3S. The fourth-order valence-electron chi connectivity index (χ4n) is 4.31. The summed E-state index contributed by atoms with van der Waals surface area (Å²) in [6.45, 7) is 3.72. The summed E-state index contributed by atoms with van der Waals surface area (Å²) in [6, 6.07) is 10.8. The van der Waals surface area contributed by atoms with Gasteiger partial charge in [-0.05, 0) is 49.7 Å². The lowest BCUT2D eigenvalue weighted by Gasteiger charge is -2.23. The Hall–Kier alpha value is -4.56. The second kappa shape index (κ2) is 12.0.